The quantitative estimate of drug-likeness (QED) is 0.886. The summed E-state index contributed by atoms with van der Waals surface area (Å²) in [5.74, 6) is 2.91. The summed E-state index contributed by atoms with van der Waals surface area (Å²) in [4.78, 5) is 11.4. The molecule has 1 heterocycles. The Bertz CT molecular complexity index is 544. The summed E-state index contributed by atoms with van der Waals surface area (Å²) in [7, 11) is 2.08. The topological polar surface area (TPSA) is 41.1 Å². The molecule has 106 valence electrons. The van der Waals surface area contributed by atoms with Crippen LogP contribution in [-0.4, -0.2) is 13.0 Å². The van der Waals surface area contributed by atoms with Crippen molar-refractivity contribution in [2.75, 3.05) is 12.4 Å². The van der Waals surface area contributed by atoms with Crippen molar-refractivity contribution in [2.45, 2.75) is 38.1 Å². The third-order valence-corrected chi connectivity index (χ3v) is 5.55. The predicted molar refractivity (Wildman–Crippen MR) is 79.5 cm³/mol. The van der Waals surface area contributed by atoms with Crippen LogP contribution < -0.4 is 10.6 Å². The maximum Gasteiger partial charge on any atom is 0.224 e. The Morgan fingerprint density at radius 2 is 2.05 bits per heavy atom. The molecule has 3 aliphatic rings. The van der Waals surface area contributed by atoms with E-state index >= 15 is 0 Å². The van der Waals surface area contributed by atoms with Crippen molar-refractivity contribution in [1.82, 2.24) is 5.32 Å². The number of carbonyl (C=O) groups is 1. The molecule has 3 unspecified atom stereocenters. The van der Waals surface area contributed by atoms with Gasteiger partial charge < -0.3 is 10.6 Å². The molecule has 0 aromatic heterocycles. The number of fused-ring (bicyclic) bond motifs is 2. The van der Waals surface area contributed by atoms with Gasteiger partial charge in [-0.3, -0.25) is 4.79 Å². The Labute approximate surface area is 120 Å². The molecule has 4 rings (SSSR count). The first-order valence-electron chi connectivity index (χ1n) is 7.88. The fourth-order valence-electron chi connectivity index (χ4n) is 4.55. The summed E-state index contributed by atoms with van der Waals surface area (Å²) < 4.78 is 0. The molecule has 2 N–H and O–H groups in total. The van der Waals surface area contributed by atoms with E-state index in [2.05, 4.69) is 35.9 Å². The number of rotatable bonds is 3. The van der Waals surface area contributed by atoms with Gasteiger partial charge in [0.2, 0.25) is 5.91 Å². The van der Waals surface area contributed by atoms with Crippen LogP contribution in [0.3, 0.4) is 0 Å². The first kappa shape index (κ1) is 12.4. The number of nitrogens with one attached hydrogen (secondary N) is 2. The highest BCUT2D eigenvalue weighted by Crippen LogP contribution is 2.62. The molecule has 0 bridgehead atoms. The van der Waals surface area contributed by atoms with Gasteiger partial charge in [0.25, 0.3) is 0 Å². The molecule has 2 fully saturated rings. The van der Waals surface area contributed by atoms with E-state index in [-0.39, 0.29) is 5.91 Å². The lowest BCUT2D eigenvalue weighted by atomic mass is 9.93. The van der Waals surface area contributed by atoms with Crippen LogP contribution in [-0.2, 0) is 11.2 Å². The summed E-state index contributed by atoms with van der Waals surface area (Å²) in [6, 6.07) is 7.08. The number of hydrogen-bond acceptors (Lipinski definition) is 2. The molecule has 0 spiro atoms. The number of carbonyl (C=O) groups excluding carboxylic acids is 1. The normalized spacial score (nSPS) is 32.2. The lowest BCUT2D eigenvalue weighted by molar-refractivity contribution is -0.116. The van der Waals surface area contributed by atoms with Crippen molar-refractivity contribution in [3.05, 3.63) is 29.3 Å². The molecule has 20 heavy (non-hydrogen) atoms. The van der Waals surface area contributed by atoms with Crippen LogP contribution in [0.1, 0.15) is 42.9 Å². The van der Waals surface area contributed by atoms with Crippen LogP contribution >= 0.6 is 0 Å². The van der Waals surface area contributed by atoms with Crippen molar-refractivity contribution in [3.63, 3.8) is 0 Å². The minimum atomic E-state index is 0.146. The molecule has 3 heteroatoms. The first-order valence-corrected chi connectivity index (χ1v) is 7.88. The second-order valence-electron chi connectivity index (χ2n) is 6.57. The van der Waals surface area contributed by atoms with Gasteiger partial charge in [0.05, 0.1) is 0 Å². The summed E-state index contributed by atoms with van der Waals surface area (Å²) in [6.07, 6.45) is 5.78. The van der Waals surface area contributed by atoms with Gasteiger partial charge in [-0.2, -0.15) is 0 Å². The maximum absolute atomic E-state index is 11.4. The molecule has 0 radical (unpaired) electrons. The Balaban J connectivity index is 1.60. The Morgan fingerprint density at radius 1 is 1.25 bits per heavy atom. The van der Waals surface area contributed by atoms with Crippen LogP contribution in [0.15, 0.2) is 18.2 Å². The maximum atomic E-state index is 11.4. The van der Waals surface area contributed by atoms with Crippen LogP contribution in [0.5, 0.6) is 0 Å². The van der Waals surface area contributed by atoms with Gasteiger partial charge in [0.15, 0.2) is 0 Å². The molecule has 1 amide bonds. The number of aryl methyl sites for hydroxylation is 1. The highest BCUT2D eigenvalue weighted by Gasteiger charge is 2.55. The lowest BCUT2D eigenvalue weighted by Gasteiger charge is -2.22. The van der Waals surface area contributed by atoms with Gasteiger partial charge in [0, 0.05) is 18.2 Å². The van der Waals surface area contributed by atoms with Crippen molar-refractivity contribution in [2.24, 2.45) is 17.8 Å². The first-order chi connectivity index (χ1) is 9.78. The van der Waals surface area contributed by atoms with Crippen LogP contribution in [0.2, 0.25) is 0 Å². The smallest absolute Gasteiger partial charge is 0.224 e. The predicted octanol–water partition coefficient (Wildman–Crippen LogP) is 2.88. The second kappa shape index (κ2) is 4.59. The van der Waals surface area contributed by atoms with E-state index < -0.39 is 0 Å². The molecule has 0 saturated heterocycles. The number of anilines is 1. The summed E-state index contributed by atoms with van der Waals surface area (Å²) >= 11 is 0. The molecule has 2 aliphatic carbocycles. The Hall–Kier alpha value is -1.35. The van der Waals surface area contributed by atoms with Gasteiger partial charge in [0.1, 0.15) is 0 Å². The van der Waals surface area contributed by atoms with Gasteiger partial charge in [-0.05, 0) is 61.3 Å². The lowest BCUT2D eigenvalue weighted by Crippen LogP contribution is -2.23. The monoisotopic (exact) mass is 270 g/mol. The van der Waals surface area contributed by atoms with Crippen LogP contribution in [0.25, 0.3) is 0 Å². The van der Waals surface area contributed by atoms with Crippen molar-refractivity contribution in [1.29, 1.82) is 0 Å². The van der Waals surface area contributed by atoms with Crippen molar-refractivity contribution in [3.8, 4) is 0 Å². The SMILES string of the molecule is CNC(c1ccc2c(c1)CCC(=O)N2)C1C2CCCC21. The highest BCUT2D eigenvalue weighted by molar-refractivity contribution is 5.93. The molecule has 3 nitrogen and oxygen atoms in total. The summed E-state index contributed by atoms with van der Waals surface area (Å²) in [5.41, 5.74) is 3.71. The van der Waals surface area contributed by atoms with Gasteiger partial charge in [-0.1, -0.05) is 18.6 Å². The van der Waals surface area contributed by atoms with E-state index in [1.165, 1.54) is 30.4 Å². The van der Waals surface area contributed by atoms with Gasteiger partial charge >= 0.3 is 0 Å². The third kappa shape index (κ3) is 1.87. The highest BCUT2D eigenvalue weighted by atomic mass is 16.1. The minimum absolute atomic E-state index is 0.146. The molecular weight excluding hydrogens is 248 g/mol. The van der Waals surface area contributed by atoms with Crippen molar-refractivity contribution >= 4 is 11.6 Å². The Morgan fingerprint density at radius 3 is 2.80 bits per heavy atom. The zero-order valence-electron chi connectivity index (χ0n) is 12.0. The van der Waals surface area contributed by atoms with E-state index in [0.717, 1.165) is 29.9 Å². The van der Waals surface area contributed by atoms with Gasteiger partial charge in [-0.15, -0.1) is 0 Å². The molecular formula is C17H22N2O. The number of hydrogen-bond donors (Lipinski definition) is 2. The molecule has 3 atom stereocenters. The second-order valence-corrected chi connectivity index (χ2v) is 6.57. The minimum Gasteiger partial charge on any atom is -0.326 e. The molecule has 1 aromatic carbocycles. The van der Waals surface area contributed by atoms with E-state index in [0.29, 0.717) is 12.5 Å². The largest absolute Gasteiger partial charge is 0.326 e. The summed E-state index contributed by atoms with van der Waals surface area (Å²) in [5, 5.41) is 6.51. The average Bonchev–Trinajstić information content (AvgIpc) is 2.93. The molecule has 1 aliphatic heterocycles. The third-order valence-electron chi connectivity index (χ3n) is 5.55. The van der Waals surface area contributed by atoms with E-state index in [4.69, 9.17) is 0 Å². The zero-order chi connectivity index (χ0) is 13.7. The van der Waals surface area contributed by atoms with E-state index in [9.17, 15) is 4.79 Å². The fourth-order valence-corrected chi connectivity index (χ4v) is 4.55. The van der Waals surface area contributed by atoms with Gasteiger partial charge in [-0.25, -0.2) is 0 Å². The fraction of sp³-hybridized carbons (Fsp3) is 0.588. The number of benzene rings is 1. The molecule has 2 saturated carbocycles. The zero-order valence-corrected chi connectivity index (χ0v) is 12.0. The van der Waals surface area contributed by atoms with E-state index in [1.54, 1.807) is 0 Å². The Kier molecular flexibility index (Phi) is 2.84. The van der Waals surface area contributed by atoms with E-state index in [1.807, 2.05) is 0 Å². The number of amides is 1. The average molecular weight is 270 g/mol. The summed E-state index contributed by atoms with van der Waals surface area (Å²) in [6.45, 7) is 0. The standard InChI is InChI=1S/C17H22N2O/c1-18-17(16-12-3-2-4-13(12)16)11-5-7-14-10(9-11)6-8-15(20)19-14/h5,7,9,12-13,16-18H,2-4,6,8H2,1H3,(H,19,20). The van der Waals surface area contributed by atoms with Crippen LogP contribution in [0, 0.1) is 17.8 Å². The molecule has 1 aromatic rings. The van der Waals surface area contributed by atoms with Crippen molar-refractivity contribution < 1.29 is 4.79 Å². The van der Waals surface area contributed by atoms with Crippen LogP contribution in [0.4, 0.5) is 5.69 Å².